The number of aliphatic hydroxyl groups is 4. The van der Waals surface area contributed by atoms with Crippen molar-refractivity contribution >= 4 is 35.3 Å². The number of rotatable bonds is 2. The Hall–Kier alpha value is -2.37. The lowest BCUT2D eigenvalue weighted by molar-refractivity contribution is -0.192. The molecule has 5 N–H and O–H groups in total. The fourth-order valence-corrected chi connectivity index (χ4v) is 13.7. The molecule has 0 spiro atoms. The summed E-state index contributed by atoms with van der Waals surface area (Å²) < 4.78 is 0. The molecular weight excluding hydrogens is 656 g/mol. The van der Waals surface area contributed by atoms with E-state index in [0.717, 1.165) is 43.3 Å². The van der Waals surface area contributed by atoms with Crippen molar-refractivity contribution in [1.82, 2.24) is 0 Å². The number of aliphatic carboxylic acids is 1. The molecule has 0 radical (unpaired) electrons. The third-order valence-electron chi connectivity index (χ3n) is 16.0. The van der Waals surface area contributed by atoms with E-state index in [1.165, 1.54) is 0 Å². The van der Waals surface area contributed by atoms with E-state index in [1.54, 1.807) is 24.3 Å². The average Bonchev–Trinajstić information content (AvgIpc) is 3.47. The Morgan fingerprint density at radius 2 is 1.10 bits per heavy atom. The Morgan fingerprint density at radius 3 is 1.50 bits per heavy atom. The topological polar surface area (TPSA) is 169 Å². The quantitative estimate of drug-likeness (QED) is 0.226. The number of fused-ring (bicyclic) bond motifs is 10. The standard InChI is InChI=1S/C20H26O5.C20H26O4S/c1-18-7-5-12(21)9-11(18)3-4-13-14-6-8-20(25,17(23)24)19(14,2)10-15(22)16(13)18;1-18-7-5-12(21)9-11(18)3-4-13-14-6-8-20(24,17(23)25)19(14,2)10-15(22)16(13)18/h5,7,9,13-16,22,25H,3-4,6,8,10H2,1-2H3,(H,23,24);5,7,9,13-16,22,24H,3-4,6,8,10H2,1-2H3,(H,23,25)/t2*13?,14?,15-,16?,18?,19?,20-/m00/s1. The van der Waals surface area contributed by atoms with Gasteiger partial charge in [0.2, 0.25) is 5.12 Å². The highest BCUT2D eigenvalue weighted by Crippen LogP contribution is 2.68. The number of carbonyl (C=O) groups is 4. The zero-order chi connectivity index (χ0) is 36.4. The summed E-state index contributed by atoms with van der Waals surface area (Å²) in [5.74, 6) is -0.512. The van der Waals surface area contributed by atoms with Crippen molar-refractivity contribution in [1.29, 1.82) is 0 Å². The monoisotopic (exact) mass is 708 g/mol. The van der Waals surface area contributed by atoms with Crippen LogP contribution in [0.2, 0.25) is 0 Å². The van der Waals surface area contributed by atoms with Crippen molar-refractivity contribution in [2.75, 3.05) is 0 Å². The van der Waals surface area contributed by atoms with Crippen molar-refractivity contribution in [2.24, 2.45) is 57.2 Å². The van der Waals surface area contributed by atoms with Crippen LogP contribution < -0.4 is 0 Å². The maximum absolute atomic E-state index is 12.1. The highest BCUT2D eigenvalue weighted by atomic mass is 32.1. The van der Waals surface area contributed by atoms with E-state index in [4.69, 9.17) is 0 Å². The van der Waals surface area contributed by atoms with Crippen LogP contribution in [0.3, 0.4) is 0 Å². The molecule has 272 valence electrons. The van der Waals surface area contributed by atoms with Crippen LogP contribution in [0.4, 0.5) is 0 Å². The summed E-state index contributed by atoms with van der Waals surface area (Å²) in [7, 11) is 0. The van der Waals surface area contributed by atoms with Gasteiger partial charge in [0.1, 0.15) is 5.60 Å². The molecule has 0 saturated heterocycles. The molecule has 10 unspecified atom stereocenters. The minimum atomic E-state index is -1.76. The third kappa shape index (κ3) is 4.66. The van der Waals surface area contributed by atoms with Gasteiger partial charge in [-0.25, -0.2) is 4.79 Å². The number of carbonyl (C=O) groups excluding carboxylic acids is 3. The summed E-state index contributed by atoms with van der Waals surface area (Å²) in [6.07, 6.45) is 15.4. The lowest BCUT2D eigenvalue weighted by Gasteiger charge is -2.59. The fourth-order valence-electron chi connectivity index (χ4n) is 13.4. The molecule has 0 bridgehead atoms. The summed E-state index contributed by atoms with van der Waals surface area (Å²) in [5.41, 5.74) is -3.16. The summed E-state index contributed by atoms with van der Waals surface area (Å²) in [4.78, 5) is 47.4. The predicted octanol–water partition coefficient (Wildman–Crippen LogP) is 4.53. The lowest BCUT2D eigenvalue weighted by Crippen LogP contribution is -2.61. The molecule has 6 fully saturated rings. The van der Waals surface area contributed by atoms with Crippen LogP contribution >= 0.6 is 12.6 Å². The molecule has 9 nitrogen and oxygen atoms in total. The minimum Gasteiger partial charge on any atom is -0.479 e. The van der Waals surface area contributed by atoms with E-state index >= 15 is 0 Å². The summed E-state index contributed by atoms with van der Waals surface area (Å²) in [6.45, 7) is 8.00. The van der Waals surface area contributed by atoms with Gasteiger partial charge >= 0.3 is 5.97 Å². The van der Waals surface area contributed by atoms with Gasteiger partial charge in [-0.15, -0.1) is 12.6 Å². The van der Waals surface area contributed by atoms with Gasteiger partial charge in [0.15, 0.2) is 17.2 Å². The zero-order valence-electron chi connectivity index (χ0n) is 29.5. The first-order valence-corrected chi connectivity index (χ1v) is 18.9. The Bertz CT molecular complexity index is 1540. The number of ketones is 2. The van der Waals surface area contributed by atoms with Gasteiger partial charge in [0.05, 0.1) is 12.2 Å². The zero-order valence-corrected chi connectivity index (χ0v) is 30.4. The summed E-state index contributed by atoms with van der Waals surface area (Å²) in [5, 5.41) is 53.3. The molecule has 14 atom stereocenters. The van der Waals surface area contributed by atoms with Crippen molar-refractivity contribution in [3.63, 3.8) is 0 Å². The Balaban J connectivity index is 0.000000157. The van der Waals surface area contributed by atoms with Crippen molar-refractivity contribution < 1.29 is 44.7 Å². The molecule has 0 aromatic rings. The molecule has 0 aromatic heterocycles. The second-order valence-electron chi connectivity index (χ2n) is 17.8. The molecule has 0 amide bonds. The summed E-state index contributed by atoms with van der Waals surface area (Å²) >= 11 is 3.97. The first kappa shape index (κ1) is 36.0. The number of aliphatic hydroxyl groups excluding tert-OH is 2. The van der Waals surface area contributed by atoms with Crippen LogP contribution in [-0.2, 0) is 19.2 Å². The SMILES string of the molecule is CC12C=CC(=O)C=C1CCC1C2[C@@H](O)CC2(C)C1CC[C@]2(O)C(=O)O.CC12C=CC(=O)C=C1CCC1C2[C@@H](O)CC2(C)C1CC[C@]2(O)C(=O)S. The molecule has 8 aliphatic rings. The van der Waals surface area contributed by atoms with Crippen LogP contribution in [0.1, 0.15) is 91.9 Å². The van der Waals surface area contributed by atoms with Gasteiger partial charge in [0.25, 0.3) is 0 Å². The van der Waals surface area contributed by atoms with E-state index in [-0.39, 0.29) is 70.7 Å². The molecule has 6 saturated carbocycles. The van der Waals surface area contributed by atoms with E-state index in [9.17, 15) is 44.7 Å². The highest BCUT2D eigenvalue weighted by Gasteiger charge is 2.70. The molecule has 0 heterocycles. The number of carboxylic acids is 1. The maximum atomic E-state index is 12.1. The highest BCUT2D eigenvalue weighted by molar-refractivity contribution is 7.96. The predicted molar refractivity (Wildman–Crippen MR) is 188 cm³/mol. The first-order chi connectivity index (χ1) is 23.3. The fraction of sp³-hybridized carbons (Fsp3) is 0.700. The van der Waals surface area contributed by atoms with E-state index < -0.39 is 45.3 Å². The third-order valence-corrected chi connectivity index (χ3v) is 16.4. The van der Waals surface area contributed by atoms with Crippen LogP contribution in [0.5, 0.6) is 0 Å². The second kappa shape index (κ2) is 11.6. The van der Waals surface area contributed by atoms with Gasteiger partial charge < -0.3 is 25.5 Å². The first-order valence-electron chi connectivity index (χ1n) is 18.4. The maximum Gasteiger partial charge on any atom is 0.336 e. The number of hydrogen-bond acceptors (Lipinski definition) is 8. The van der Waals surface area contributed by atoms with Gasteiger partial charge in [-0.3, -0.25) is 14.4 Å². The Kier molecular flexibility index (Phi) is 8.33. The molecular formula is C40H52O9S. The molecule has 0 aromatic carbocycles. The van der Waals surface area contributed by atoms with Crippen molar-refractivity contribution in [3.05, 3.63) is 47.6 Å². The average molecular weight is 709 g/mol. The molecule has 8 aliphatic carbocycles. The normalized spacial score (nSPS) is 51.4. The van der Waals surface area contributed by atoms with Gasteiger partial charge in [0, 0.05) is 33.5 Å². The molecule has 50 heavy (non-hydrogen) atoms. The smallest absolute Gasteiger partial charge is 0.336 e. The molecule has 8 rings (SSSR count). The van der Waals surface area contributed by atoms with Gasteiger partial charge in [-0.1, -0.05) is 51.0 Å². The van der Waals surface area contributed by atoms with Gasteiger partial charge in [-0.05, 0) is 112 Å². The van der Waals surface area contributed by atoms with Crippen LogP contribution in [-0.4, -0.2) is 71.6 Å². The van der Waals surface area contributed by atoms with Crippen LogP contribution in [0.15, 0.2) is 47.6 Å². The minimum absolute atomic E-state index is 0.00202. The van der Waals surface area contributed by atoms with E-state index in [2.05, 4.69) is 26.5 Å². The number of thiol groups is 1. The summed E-state index contributed by atoms with van der Waals surface area (Å²) in [6, 6.07) is 0. The molecule has 10 heteroatoms. The van der Waals surface area contributed by atoms with E-state index in [0.29, 0.717) is 19.3 Å². The lowest BCUT2D eigenvalue weighted by atomic mass is 9.46. The Morgan fingerprint density at radius 1 is 0.700 bits per heavy atom. The second-order valence-corrected chi connectivity index (χ2v) is 18.2. The van der Waals surface area contributed by atoms with Crippen molar-refractivity contribution in [3.8, 4) is 0 Å². The number of hydrogen-bond donors (Lipinski definition) is 6. The largest absolute Gasteiger partial charge is 0.479 e. The van der Waals surface area contributed by atoms with Crippen molar-refractivity contribution in [2.45, 2.75) is 115 Å². The number of allylic oxidation sites excluding steroid dienone is 8. The van der Waals surface area contributed by atoms with Gasteiger partial charge in [-0.2, -0.15) is 0 Å². The molecule has 0 aliphatic heterocycles. The van der Waals surface area contributed by atoms with Crippen LogP contribution in [0, 0.1) is 57.2 Å². The van der Waals surface area contributed by atoms with Crippen LogP contribution in [0.25, 0.3) is 0 Å². The van der Waals surface area contributed by atoms with E-state index in [1.807, 2.05) is 26.0 Å². The Labute approximate surface area is 299 Å². The number of carboxylic acid groups (broad SMARTS) is 1.